The van der Waals surface area contributed by atoms with Crippen LogP contribution in [-0.4, -0.2) is 24.5 Å². The lowest BCUT2D eigenvalue weighted by molar-refractivity contribution is 0.796. The Morgan fingerprint density at radius 1 is 1.35 bits per heavy atom. The zero-order valence-corrected chi connectivity index (χ0v) is 13.8. The molecule has 2 N–H and O–H groups in total. The number of hydrogen-bond donors (Lipinski definition) is 2. The quantitative estimate of drug-likeness (QED) is 0.655. The third-order valence-electron chi connectivity index (χ3n) is 2.59. The number of hydrogen-bond acceptors (Lipinski definition) is 4. The van der Waals surface area contributed by atoms with E-state index < -0.39 is 0 Å². The van der Waals surface area contributed by atoms with Gasteiger partial charge in [0.25, 0.3) is 0 Å². The maximum atomic E-state index is 5.90. The van der Waals surface area contributed by atoms with Gasteiger partial charge in [-0.15, -0.1) is 22.7 Å². The molecule has 4 nitrogen and oxygen atoms in total. The van der Waals surface area contributed by atoms with Gasteiger partial charge in [-0.3, -0.25) is 4.99 Å². The summed E-state index contributed by atoms with van der Waals surface area (Å²) in [6.45, 7) is 3.58. The van der Waals surface area contributed by atoms with E-state index in [-0.39, 0.29) is 0 Å². The molecule has 0 spiro atoms. The molecule has 108 valence electrons. The van der Waals surface area contributed by atoms with Gasteiger partial charge in [0.2, 0.25) is 0 Å². The average Bonchev–Trinajstić information content (AvgIpc) is 3.02. The SMILES string of the molecule is CN=C(NCCc1ccc(Cl)s1)NCc1ncc(C)s1. The molecule has 0 bridgehead atoms. The molecule has 0 unspecified atom stereocenters. The Kier molecular flexibility index (Phi) is 5.82. The Morgan fingerprint density at radius 3 is 2.80 bits per heavy atom. The molecule has 2 rings (SSSR count). The summed E-state index contributed by atoms with van der Waals surface area (Å²) in [5.41, 5.74) is 0. The van der Waals surface area contributed by atoms with E-state index in [0.717, 1.165) is 28.3 Å². The molecule has 0 aromatic carbocycles. The second-order valence-corrected chi connectivity index (χ2v) is 7.29. The van der Waals surface area contributed by atoms with E-state index in [1.807, 2.05) is 12.3 Å². The molecule has 7 heteroatoms. The van der Waals surface area contributed by atoms with Crippen LogP contribution >= 0.6 is 34.3 Å². The summed E-state index contributed by atoms with van der Waals surface area (Å²) >= 11 is 9.22. The summed E-state index contributed by atoms with van der Waals surface area (Å²) in [7, 11) is 1.77. The number of thiazole rings is 1. The summed E-state index contributed by atoms with van der Waals surface area (Å²) in [5.74, 6) is 0.792. The Bertz CT molecular complexity index is 576. The van der Waals surface area contributed by atoms with Crippen molar-refractivity contribution < 1.29 is 0 Å². The lowest BCUT2D eigenvalue weighted by atomic mass is 10.3. The number of guanidine groups is 1. The zero-order valence-electron chi connectivity index (χ0n) is 11.4. The summed E-state index contributed by atoms with van der Waals surface area (Å²) in [6, 6.07) is 3.99. The topological polar surface area (TPSA) is 49.3 Å². The van der Waals surface area contributed by atoms with Crippen LogP contribution in [0.25, 0.3) is 0 Å². The maximum Gasteiger partial charge on any atom is 0.191 e. The van der Waals surface area contributed by atoms with Crippen molar-refractivity contribution in [3.63, 3.8) is 0 Å². The fourth-order valence-electron chi connectivity index (χ4n) is 1.65. The Balaban J connectivity index is 1.72. The molecule has 0 radical (unpaired) electrons. The molecule has 0 aliphatic heterocycles. The van der Waals surface area contributed by atoms with Gasteiger partial charge in [0.05, 0.1) is 10.9 Å². The number of aryl methyl sites for hydroxylation is 1. The van der Waals surface area contributed by atoms with Gasteiger partial charge in [0, 0.05) is 29.5 Å². The van der Waals surface area contributed by atoms with Crippen LogP contribution in [0.5, 0.6) is 0 Å². The number of rotatable bonds is 5. The van der Waals surface area contributed by atoms with Crippen molar-refractivity contribution in [2.45, 2.75) is 19.9 Å². The van der Waals surface area contributed by atoms with Gasteiger partial charge in [0.15, 0.2) is 5.96 Å². The molecule has 0 aliphatic rings. The van der Waals surface area contributed by atoms with Gasteiger partial charge in [-0.1, -0.05) is 11.6 Å². The third-order valence-corrected chi connectivity index (χ3v) is 4.80. The van der Waals surface area contributed by atoms with Crippen molar-refractivity contribution >= 4 is 40.2 Å². The molecule has 0 atom stereocenters. The average molecular weight is 329 g/mol. The van der Waals surface area contributed by atoms with E-state index in [4.69, 9.17) is 11.6 Å². The number of aromatic nitrogens is 1. The molecule has 20 heavy (non-hydrogen) atoms. The Hall–Kier alpha value is -1.11. The van der Waals surface area contributed by atoms with Crippen LogP contribution in [0.1, 0.15) is 14.8 Å². The van der Waals surface area contributed by atoms with Crippen molar-refractivity contribution in [1.82, 2.24) is 15.6 Å². The molecule has 0 amide bonds. The van der Waals surface area contributed by atoms with Crippen LogP contribution in [0.15, 0.2) is 23.3 Å². The third kappa shape index (κ3) is 4.77. The van der Waals surface area contributed by atoms with E-state index in [0.29, 0.717) is 6.54 Å². The fraction of sp³-hybridized carbons (Fsp3) is 0.385. The number of halogens is 1. The number of nitrogens with one attached hydrogen (secondary N) is 2. The molecule has 0 aliphatic carbocycles. The predicted molar refractivity (Wildman–Crippen MR) is 88.1 cm³/mol. The highest BCUT2D eigenvalue weighted by atomic mass is 35.5. The lowest BCUT2D eigenvalue weighted by Gasteiger charge is -2.10. The van der Waals surface area contributed by atoms with Gasteiger partial charge in [-0.05, 0) is 25.5 Å². The van der Waals surface area contributed by atoms with E-state index in [9.17, 15) is 0 Å². The second-order valence-electron chi connectivity index (χ2n) is 4.17. The smallest absolute Gasteiger partial charge is 0.191 e. The first-order chi connectivity index (χ1) is 9.67. The minimum atomic E-state index is 0.697. The Morgan fingerprint density at radius 2 is 2.20 bits per heavy atom. The predicted octanol–water partition coefficient (Wildman–Crippen LogP) is 3.07. The summed E-state index contributed by atoms with van der Waals surface area (Å²) in [6.07, 6.45) is 2.83. The molecular formula is C13H17ClN4S2. The molecule has 2 heterocycles. The minimum absolute atomic E-state index is 0.697. The molecule has 0 saturated heterocycles. The molecular weight excluding hydrogens is 312 g/mol. The summed E-state index contributed by atoms with van der Waals surface area (Å²) < 4.78 is 0.835. The normalized spacial score (nSPS) is 11.7. The van der Waals surface area contributed by atoms with Crippen LogP contribution in [0.2, 0.25) is 4.34 Å². The largest absolute Gasteiger partial charge is 0.356 e. The van der Waals surface area contributed by atoms with Crippen molar-refractivity contribution in [3.05, 3.63) is 37.4 Å². The fourth-order valence-corrected chi connectivity index (χ4v) is 3.47. The first-order valence-electron chi connectivity index (χ1n) is 6.27. The Labute approximate surface area is 131 Å². The number of nitrogens with zero attached hydrogens (tertiary/aromatic N) is 2. The summed E-state index contributed by atoms with van der Waals surface area (Å²) in [4.78, 5) is 11.0. The van der Waals surface area contributed by atoms with Crippen LogP contribution in [0.3, 0.4) is 0 Å². The molecule has 0 saturated carbocycles. The van der Waals surface area contributed by atoms with Gasteiger partial charge in [-0.2, -0.15) is 0 Å². The highest BCUT2D eigenvalue weighted by Crippen LogP contribution is 2.21. The van der Waals surface area contributed by atoms with Crippen molar-refractivity contribution in [2.24, 2.45) is 4.99 Å². The van der Waals surface area contributed by atoms with E-state index in [2.05, 4.69) is 33.6 Å². The first kappa shape index (κ1) is 15.3. The second kappa shape index (κ2) is 7.61. The highest BCUT2D eigenvalue weighted by molar-refractivity contribution is 7.16. The highest BCUT2D eigenvalue weighted by Gasteiger charge is 2.02. The minimum Gasteiger partial charge on any atom is -0.356 e. The van der Waals surface area contributed by atoms with Crippen LogP contribution in [0.4, 0.5) is 0 Å². The van der Waals surface area contributed by atoms with Gasteiger partial charge in [-0.25, -0.2) is 4.98 Å². The van der Waals surface area contributed by atoms with E-state index >= 15 is 0 Å². The first-order valence-corrected chi connectivity index (χ1v) is 8.28. The zero-order chi connectivity index (χ0) is 14.4. The molecule has 2 aromatic rings. The van der Waals surface area contributed by atoms with Gasteiger partial charge >= 0.3 is 0 Å². The number of aliphatic imine (C=N–C) groups is 1. The molecule has 0 fully saturated rings. The van der Waals surface area contributed by atoms with E-state index in [1.165, 1.54) is 9.75 Å². The number of thiophene rings is 1. The monoisotopic (exact) mass is 328 g/mol. The van der Waals surface area contributed by atoms with Crippen LogP contribution in [-0.2, 0) is 13.0 Å². The molecule has 2 aromatic heterocycles. The van der Waals surface area contributed by atoms with Gasteiger partial charge in [0.1, 0.15) is 5.01 Å². The van der Waals surface area contributed by atoms with E-state index in [1.54, 1.807) is 29.7 Å². The van der Waals surface area contributed by atoms with Crippen molar-refractivity contribution in [3.8, 4) is 0 Å². The standard InChI is InChI=1S/C13H17ClN4S2/c1-9-7-17-12(19-9)8-18-13(15-2)16-6-5-10-3-4-11(14)20-10/h3-4,7H,5-6,8H2,1-2H3,(H2,15,16,18). The summed E-state index contributed by atoms with van der Waals surface area (Å²) in [5, 5.41) is 7.60. The van der Waals surface area contributed by atoms with Crippen molar-refractivity contribution in [2.75, 3.05) is 13.6 Å². The maximum absolute atomic E-state index is 5.90. The van der Waals surface area contributed by atoms with Gasteiger partial charge < -0.3 is 10.6 Å². The van der Waals surface area contributed by atoms with Crippen LogP contribution in [0, 0.1) is 6.92 Å². The van der Waals surface area contributed by atoms with Crippen molar-refractivity contribution in [1.29, 1.82) is 0 Å². The lowest BCUT2D eigenvalue weighted by Crippen LogP contribution is -2.37. The van der Waals surface area contributed by atoms with Crippen LogP contribution < -0.4 is 10.6 Å².